The number of piperidine rings is 1. The van der Waals surface area contributed by atoms with Crippen LogP contribution >= 0.6 is 11.5 Å². The van der Waals surface area contributed by atoms with Crippen molar-refractivity contribution in [1.29, 1.82) is 0 Å². The Labute approximate surface area is 259 Å². The van der Waals surface area contributed by atoms with Gasteiger partial charge in [0.2, 0.25) is 11.1 Å². The molecule has 1 aromatic heterocycles. The first-order valence-electron chi connectivity index (χ1n) is 14.4. The van der Waals surface area contributed by atoms with E-state index in [1.54, 1.807) is 25.3 Å². The third kappa shape index (κ3) is 6.55. The Morgan fingerprint density at radius 3 is 2.64 bits per heavy atom. The van der Waals surface area contributed by atoms with E-state index in [9.17, 15) is 9.59 Å². The van der Waals surface area contributed by atoms with Gasteiger partial charge in [-0.3, -0.25) is 9.59 Å². The van der Waals surface area contributed by atoms with Crippen LogP contribution in [0, 0.1) is 0 Å². The van der Waals surface area contributed by atoms with Crippen molar-refractivity contribution in [3.63, 3.8) is 0 Å². The lowest BCUT2D eigenvalue weighted by Gasteiger charge is -2.38. The highest BCUT2D eigenvalue weighted by atomic mass is 32.1. The van der Waals surface area contributed by atoms with E-state index in [1.807, 2.05) is 67.5 Å². The second-order valence-electron chi connectivity index (χ2n) is 10.9. The lowest BCUT2D eigenvalue weighted by molar-refractivity contribution is -0.123. The highest BCUT2D eigenvalue weighted by molar-refractivity contribution is 7.09. The van der Waals surface area contributed by atoms with E-state index < -0.39 is 0 Å². The van der Waals surface area contributed by atoms with Crippen molar-refractivity contribution in [3.05, 3.63) is 77.9 Å². The summed E-state index contributed by atoms with van der Waals surface area (Å²) < 4.78 is 22.3. The van der Waals surface area contributed by atoms with Crippen molar-refractivity contribution in [1.82, 2.24) is 20.0 Å². The molecular weight excluding hydrogens is 580 g/mol. The van der Waals surface area contributed by atoms with Gasteiger partial charge >= 0.3 is 0 Å². The maximum absolute atomic E-state index is 13.8. The van der Waals surface area contributed by atoms with Crippen molar-refractivity contribution in [2.45, 2.75) is 25.1 Å². The van der Waals surface area contributed by atoms with E-state index in [0.717, 1.165) is 21.8 Å². The minimum absolute atomic E-state index is 0.127. The standard InChI is InChI=1S/C32H34N6O5S/c1-37(2)31-35-32(44-36-31)38-14-13-28-26(18-38)34-30(40)22-9-12-27(41-3)25(16-22)21-5-4-6-24(15-21)42-19-29(39)33-17-20-7-10-23(43-28)11-8-20/h4-12,15-16,26,28H,13-14,17-19H2,1-3H3,(H,33,39)(H,34,40)/t26-,28-/m1/s1. The van der Waals surface area contributed by atoms with Gasteiger partial charge in [-0.05, 0) is 53.6 Å². The number of methoxy groups -OCH3 is 1. The van der Waals surface area contributed by atoms with E-state index in [4.69, 9.17) is 14.2 Å². The Bertz CT molecular complexity index is 1640. The second kappa shape index (κ2) is 12.8. The Morgan fingerprint density at radius 2 is 1.86 bits per heavy atom. The Morgan fingerprint density at radius 1 is 1.02 bits per heavy atom. The summed E-state index contributed by atoms with van der Waals surface area (Å²) >= 11 is 1.34. The first-order valence-corrected chi connectivity index (χ1v) is 15.1. The third-order valence-electron chi connectivity index (χ3n) is 7.62. The van der Waals surface area contributed by atoms with Gasteiger partial charge in [-0.15, -0.1) is 0 Å². The molecule has 0 spiro atoms. The molecule has 2 amide bonds. The second-order valence-corrected chi connectivity index (χ2v) is 11.6. The maximum atomic E-state index is 13.8. The zero-order valence-electron chi connectivity index (χ0n) is 24.8. The van der Waals surface area contributed by atoms with Crippen LogP contribution in [-0.2, 0) is 11.3 Å². The molecule has 7 rings (SSSR count). The fourth-order valence-electron chi connectivity index (χ4n) is 5.24. The molecule has 12 heteroatoms. The highest BCUT2D eigenvalue weighted by Gasteiger charge is 2.34. The van der Waals surface area contributed by atoms with Gasteiger partial charge in [-0.25, -0.2) is 0 Å². The van der Waals surface area contributed by atoms with Crippen LogP contribution in [0.3, 0.4) is 0 Å². The molecule has 1 fully saturated rings. The van der Waals surface area contributed by atoms with Crippen molar-refractivity contribution < 1.29 is 23.8 Å². The third-order valence-corrected chi connectivity index (χ3v) is 8.39. The summed E-state index contributed by atoms with van der Waals surface area (Å²) in [6, 6.07) is 20.0. The van der Waals surface area contributed by atoms with Crippen LogP contribution in [0.15, 0.2) is 66.7 Å². The van der Waals surface area contributed by atoms with E-state index >= 15 is 0 Å². The minimum atomic E-state index is -0.338. The molecule has 3 aromatic carbocycles. The molecule has 2 N–H and O–H groups in total. The number of hydrogen-bond donors (Lipinski definition) is 2. The number of hydrogen-bond acceptors (Lipinski definition) is 10. The van der Waals surface area contributed by atoms with Gasteiger partial charge in [0.15, 0.2) is 6.61 Å². The van der Waals surface area contributed by atoms with E-state index in [2.05, 4.69) is 24.9 Å². The zero-order chi connectivity index (χ0) is 30.6. The van der Waals surface area contributed by atoms with Crippen LogP contribution in [0.5, 0.6) is 17.2 Å². The predicted molar refractivity (Wildman–Crippen MR) is 169 cm³/mol. The molecule has 3 aliphatic rings. The molecule has 1 saturated heterocycles. The number of carbonyl (C=O) groups is 2. The van der Waals surface area contributed by atoms with Gasteiger partial charge in [-0.1, -0.05) is 24.3 Å². The fraction of sp³-hybridized carbons (Fsp3) is 0.312. The summed E-state index contributed by atoms with van der Waals surface area (Å²) in [6.07, 6.45) is 0.388. The number of nitrogens with one attached hydrogen (secondary N) is 2. The lowest BCUT2D eigenvalue weighted by Crippen LogP contribution is -2.57. The molecule has 0 radical (unpaired) electrons. The number of benzene rings is 3. The van der Waals surface area contributed by atoms with Gasteiger partial charge in [0.25, 0.3) is 11.8 Å². The average molecular weight is 615 g/mol. The van der Waals surface area contributed by atoms with Crippen molar-refractivity contribution in [2.24, 2.45) is 0 Å². The number of amides is 2. The summed E-state index contributed by atoms with van der Waals surface area (Å²) in [5.41, 5.74) is 2.93. The van der Waals surface area contributed by atoms with E-state index in [0.29, 0.717) is 54.8 Å². The molecule has 0 saturated carbocycles. The molecule has 2 atom stereocenters. The van der Waals surface area contributed by atoms with Crippen molar-refractivity contribution in [2.75, 3.05) is 50.7 Å². The van der Waals surface area contributed by atoms with Crippen LogP contribution < -0.4 is 34.6 Å². The molecule has 0 aliphatic carbocycles. The molecule has 6 bridgehead atoms. The van der Waals surface area contributed by atoms with Gasteiger partial charge in [0.05, 0.1) is 13.2 Å². The van der Waals surface area contributed by atoms with E-state index in [-0.39, 0.29) is 30.6 Å². The smallest absolute Gasteiger partial charge is 0.258 e. The molecule has 4 heterocycles. The summed E-state index contributed by atoms with van der Waals surface area (Å²) in [4.78, 5) is 35.0. The predicted octanol–water partition coefficient (Wildman–Crippen LogP) is 3.74. The Hall–Kier alpha value is -4.84. The number of carbonyl (C=O) groups excluding carboxylic acids is 2. The number of aromatic nitrogens is 2. The molecular formula is C32H34N6O5S. The molecule has 3 aliphatic heterocycles. The summed E-state index contributed by atoms with van der Waals surface area (Å²) in [6.45, 7) is 1.44. The van der Waals surface area contributed by atoms with Gasteiger partial charge in [-0.2, -0.15) is 9.36 Å². The minimum Gasteiger partial charge on any atom is -0.496 e. The number of nitrogens with zero attached hydrogens (tertiary/aromatic N) is 4. The normalized spacial score (nSPS) is 18.7. The molecule has 11 nitrogen and oxygen atoms in total. The summed E-state index contributed by atoms with van der Waals surface area (Å²) in [7, 11) is 5.41. The van der Waals surface area contributed by atoms with Gasteiger partial charge < -0.3 is 34.6 Å². The Kier molecular flexibility index (Phi) is 8.51. The molecule has 4 aromatic rings. The largest absolute Gasteiger partial charge is 0.496 e. The quantitative estimate of drug-likeness (QED) is 0.356. The fourth-order valence-corrected chi connectivity index (χ4v) is 6.01. The number of ether oxygens (including phenoxy) is 3. The van der Waals surface area contributed by atoms with Crippen LogP contribution in [0.2, 0.25) is 0 Å². The summed E-state index contributed by atoms with van der Waals surface area (Å²) in [5, 5.41) is 6.95. The van der Waals surface area contributed by atoms with Crippen LogP contribution in [-0.4, -0.2) is 74.2 Å². The maximum Gasteiger partial charge on any atom is 0.258 e. The van der Waals surface area contributed by atoms with Gasteiger partial charge in [0.1, 0.15) is 23.4 Å². The number of rotatable bonds is 3. The van der Waals surface area contributed by atoms with Crippen LogP contribution in [0.4, 0.5) is 11.1 Å². The van der Waals surface area contributed by atoms with Crippen LogP contribution in [0.1, 0.15) is 22.3 Å². The molecule has 44 heavy (non-hydrogen) atoms. The average Bonchev–Trinajstić information content (AvgIpc) is 3.55. The van der Waals surface area contributed by atoms with Crippen molar-refractivity contribution in [3.8, 4) is 28.4 Å². The summed E-state index contributed by atoms with van der Waals surface area (Å²) in [5.74, 6) is 2.02. The number of fused-ring (bicyclic) bond motifs is 7. The number of anilines is 2. The zero-order valence-corrected chi connectivity index (χ0v) is 25.6. The van der Waals surface area contributed by atoms with Crippen LogP contribution in [0.25, 0.3) is 11.1 Å². The first-order chi connectivity index (χ1) is 21.4. The van der Waals surface area contributed by atoms with Gasteiger partial charge in [0, 0.05) is 62.8 Å². The van der Waals surface area contributed by atoms with Crippen molar-refractivity contribution >= 4 is 34.4 Å². The topological polar surface area (TPSA) is 118 Å². The molecule has 228 valence electrons. The lowest BCUT2D eigenvalue weighted by atomic mass is 9.99. The SMILES string of the molecule is COc1ccc2cc1-c1cccc(c1)OCC(=O)NCc1ccc(cc1)O[C@@H]1CCN(c3nc(N(C)C)ns3)C[C@H]1NC2=O. The Balaban J connectivity index is 1.34. The first kappa shape index (κ1) is 29.2. The highest BCUT2D eigenvalue weighted by Crippen LogP contribution is 2.33. The van der Waals surface area contributed by atoms with E-state index in [1.165, 1.54) is 11.5 Å². The molecule has 0 unspecified atom stereocenters. The monoisotopic (exact) mass is 614 g/mol.